The minimum atomic E-state index is -0.0875. The number of hydrogen-bond acceptors (Lipinski definition) is 5. The van der Waals surface area contributed by atoms with Gasteiger partial charge in [-0.25, -0.2) is 0 Å². The standard InChI is InChI=1S/C26H33N5O2/c32-25(21-9-10-23-22(18-21)28-26(33)24-8-4-5-12-31(23)24)27-11-13-29-14-16-30(17-15-29)19-20-6-2-1-3-7-20/h1-3,6-7,9-10,18,24H,4-5,8,11-17,19H2,(H,27,32)(H,28,33)/t24-/m0/s1. The molecule has 5 rings (SSSR count). The molecular weight excluding hydrogens is 414 g/mol. The Labute approximate surface area is 195 Å². The Kier molecular flexibility index (Phi) is 6.60. The Morgan fingerprint density at radius 2 is 1.76 bits per heavy atom. The first-order chi connectivity index (χ1) is 16.2. The summed E-state index contributed by atoms with van der Waals surface area (Å²) < 4.78 is 0. The summed E-state index contributed by atoms with van der Waals surface area (Å²) in [6, 6.07) is 16.2. The number of rotatable bonds is 6. The smallest absolute Gasteiger partial charge is 0.251 e. The first-order valence-corrected chi connectivity index (χ1v) is 12.2. The van der Waals surface area contributed by atoms with Gasteiger partial charge in [-0.2, -0.15) is 0 Å². The van der Waals surface area contributed by atoms with Crippen LogP contribution in [0.4, 0.5) is 11.4 Å². The number of nitrogens with one attached hydrogen (secondary N) is 2. The Morgan fingerprint density at radius 1 is 0.970 bits per heavy atom. The lowest BCUT2D eigenvalue weighted by molar-refractivity contribution is -0.118. The van der Waals surface area contributed by atoms with Gasteiger partial charge in [0.05, 0.1) is 11.4 Å². The molecule has 2 aromatic rings. The van der Waals surface area contributed by atoms with Gasteiger partial charge < -0.3 is 15.5 Å². The number of hydrogen-bond donors (Lipinski definition) is 2. The predicted molar refractivity (Wildman–Crippen MR) is 131 cm³/mol. The topological polar surface area (TPSA) is 67.9 Å². The molecule has 0 unspecified atom stereocenters. The highest BCUT2D eigenvalue weighted by Gasteiger charge is 2.34. The van der Waals surface area contributed by atoms with Gasteiger partial charge in [0.15, 0.2) is 0 Å². The van der Waals surface area contributed by atoms with Crippen molar-refractivity contribution in [2.24, 2.45) is 0 Å². The summed E-state index contributed by atoms with van der Waals surface area (Å²) in [5.74, 6) is -0.0401. The first kappa shape index (κ1) is 21.9. The van der Waals surface area contributed by atoms with Gasteiger partial charge in [-0.05, 0) is 43.0 Å². The number of fused-ring (bicyclic) bond motifs is 3. The summed E-state index contributed by atoms with van der Waals surface area (Å²) in [4.78, 5) is 32.3. The van der Waals surface area contributed by atoms with E-state index in [1.54, 1.807) is 0 Å². The maximum absolute atomic E-state index is 12.7. The number of piperidine rings is 1. The van der Waals surface area contributed by atoms with Crippen LogP contribution in [0.15, 0.2) is 48.5 Å². The highest BCUT2D eigenvalue weighted by molar-refractivity contribution is 6.05. The quantitative estimate of drug-likeness (QED) is 0.712. The number of anilines is 2. The van der Waals surface area contributed by atoms with Crippen LogP contribution >= 0.6 is 0 Å². The molecule has 7 nitrogen and oxygen atoms in total. The van der Waals surface area contributed by atoms with Gasteiger partial charge in [-0.15, -0.1) is 0 Å². The fraction of sp³-hybridized carbons (Fsp3) is 0.462. The van der Waals surface area contributed by atoms with Gasteiger partial charge >= 0.3 is 0 Å². The normalized spacial score (nSPS) is 21.2. The minimum absolute atomic E-state index is 0.0474. The number of carbonyl (C=O) groups is 2. The second-order valence-electron chi connectivity index (χ2n) is 9.29. The van der Waals surface area contributed by atoms with E-state index in [0.717, 1.165) is 76.5 Å². The zero-order chi connectivity index (χ0) is 22.6. The largest absolute Gasteiger partial charge is 0.358 e. The van der Waals surface area contributed by atoms with E-state index in [9.17, 15) is 9.59 Å². The van der Waals surface area contributed by atoms with Crippen molar-refractivity contribution in [2.45, 2.75) is 31.8 Å². The van der Waals surface area contributed by atoms with E-state index in [2.05, 4.69) is 55.7 Å². The molecule has 2 saturated heterocycles. The molecule has 0 bridgehead atoms. The van der Waals surface area contributed by atoms with Crippen molar-refractivity contribution in [1.29, 1.82) is 0 Å². The van der Waals surface area contributed by atoms with Gasteiger partial charge in [-0.3, -0.25) is 19.4 Å². The summed E-state index contributed by atoms with van der Waals surface area (Å²) in [6.07, 6.45) is 3.09. The highest BCUT2D eigenvalue weighted by atomic mass is 16.2. The molecule has 7 heteroatoms. The van der Waals surface area contributed by atoms with Crippen LogP contribution in [0, 0.1) is 0 Å². The van der Waals surface area contributed by atoms with Crippen molar-refractivity contribution in [1.82, 2.24) is 15.1 Å². The molecule has 3 aliphatic heterocycles. The van der Waals surface area contributed by atoms with Gasteiger partial charge in [0.1, 0.15) is 6.04 Å². The maximum atomic E-state index is 12.7. The molecule has 2 amide bonds. The second-order valence-corrected chi connectivity index (χ2v) is 9.29. The van der Waals surface area contributed by atoms with Crippen LogP contribution in [0.1, 0.15) is 35.2 Å². The summed E-state index contributed by atoms with van der Waals surface area (Å²) >= 11 is 0. The summed E-state index contributed by atoms with van der Waals surface area (Å²) in [6.45, 7) is 7.50. The number of carbonyl (C=O) groups excluding carboxylic acids is 2. The van der Waals surface area contributed by atoms with Crippen molar-refractivity contribution in [3.63, 3.8) is 0 Å². The van der Waals surface area contributed by atoms with Crippen molar-refractivity contribution >= 4 is 23.2 Å². The average Bonchev–Trinajstić information content (AvgIpc) is 2.85. The Balaban J connectivity index is 1.09. The zero-order valence-electron chi connectivity index (χ0n) is 19.1. The minimum Gasteiger partial charge on any atom is -0.358 e. The fourth-order valence-electron chi connectivity index (χ4n) is 5.18. The summed E-state index contributed by atoms with van der Waals surface area (Å²) in [7, 11) is 0. The average molecular weight is 448 g/mol. The molecule has 2 fully saturated rings. The lowest BCUT2D eigenvalue weighted by Gasteiger charge is -2.41. The van der Waals surface area contributed by atoms with Crippen LogP contribution in [-0.4, -0.2) is 73.5 Å². The van der Waals surface area contributed by atoms with Gasteiger partial charge in [-0.1, -0.05) is 30.3 Å². The van der Waals surface area contributed by atoms with Crippen molar-refractivity contribution < 1.29 is 9.59 Å². The molecule has 1 atom stereocenters. The fourth-order valence-corrected chi connectivity index (χ4v) is 5.18. The van der Waals surface area contributed by atoms with Gasteiger partial charge in [0.25, 0.3) is 5.91 Å². The molecule has 2 aromatic carbocycles. The molecule has 0 saturated carbocycles. The van der Waals surface area contributed by atoms with Crippen molar-refractivity contribution in [3.8, 4) is 0 Å². The molecule has 0 radical (unpaired) electrons. The van der Waals surface area contributed by atoms with E-state index < -0.39 is 0 Å². The highest BCUT2D eigenvalue weighted by Crippen LogP contribution is 2.36. The van der Waals surface area contributed by atoms with Crippen LogP contribution in [-0.2, 0) is 11.3 Å². The summed E-state index contributed by atoms with van der Waals surface area (Å²) in [5.41, 5.74) is 3.73. The van der Waals surface area contributed by atoms with Crippen LogP contribution in [0.2, 0.25) is 0 Å². The van der Waals surface area contributed by atoms with Crippen LogP contribution in [0.3, 0.4) is 0 Å². The van der Waals surface area contributed by atoms with E-state index in [4.69, 9.17) is 0 Å². The van der Waals surface area contributed by atoms with E-state index in [1.807, 2.05) is 18.2 Å². The third kappa shape index (κ3) is 5.04. The predicted octanol–water partition coefficient (Wildman–Crippen LogP) is 2.55. The Hall–Kier alpha value is -2.90. The van der Waals surface area contributed by atoms with E-state index in [-0.39, 0.29) is 17.9 Å². The monoisotopic (exact) mass is 447 g/mol. The molecular formula is C26H33N5O2. The first-order valence-electron chi connectivity index (χ1n) is 12.2. The molecule has 3 aliphatic rings. The van der Waals surface area contributed by atoms with Crippen LogP contribution < -0.4 is 15.5 Å². The molecule has 0 spiro atoms. The summed E-state index contributed by atoms with van der Waals surface area (Å²) in [5, 5.41) is 6.06. The molecule has 3 heterocycles. The zero-order valence-corrected chi connectivity index (χ0v) is 19.1. The number of piperazine rings is 1. The third-order valence-corrected chi connectivity index (χ3v) is 7.06. The number of nitrogens with zero attached hydrogens (tertiary/aromatic N) is 3. The van der Waals surface area contributed by atoms with E-state index in [0.29, 0.717) is 12.1 Å². The molecule has 0 aromatic heterocycles. The number of benzene rings is 2. The van der Waals surface area contributed by atoms with Crippen LogP contribution in [0.5, 0.6) is 0 Å². The van der Waals surface area contributed by atoms with Crippen molar-refractivity contribution in [2.75, 3.05) is 56.0 Å². The Bertz CT molecular complexity index is 987. The maximum Gasteiger partial charge on any atom is 0.251 e. The second kappa shape index (κ2) is 9.93. The van der Waals surface area contributed by atoms with Crippen molar-refractivity contribution in [3.05, 3.63) is 59.7 Å². The number of amides is 2. The van der Waals surface area contributed by atoms with E-state index >= 15 is 0 Å². The van der Waals surface area contributed by atoms with E-state index in [1.165, 1.54) is 5.56 Å². The third-order valence-electron chi connectivity index (χ3n) is 7.06. The molecule has 33 heavy (non-hydrogen) atoms. The molecule has 174 valence electrons. The SMILES string of the molecule is O=C(NCCN1CCN(Cc2ccccc2)CC1)c1ccc2c(c1)NC(=O)[C@@H]1CCCCN21. The van der Waals surface area contributed by atoms with Gasteiger partial charge in [0.2, 0.25) is 5.91 Å². The molecule has 2 N–H and O–H groups in total. The molecule has 0 aliphatic carbocycles. The van der Waals surface area contributed by atoms with Crippen LogP contribution in [0.25, 0.3) is 0 Å². The van der Waals surface area contributed by atoms with Gasteiger partial charge in [0, 0.05) is 57.9 Å². The lowest BCUT2D eigenvalue weighted by atomic mass is 9.97. The Morgan fingerprint density at radius 3 is 2.58 bits per heavy atom. The lowest BCUT2D eigenvalue weighted by Crippen LogP contribution is -2.50.